The number of carbonyl (C=O) groups is 1. The maximum atomic E-state index is 14.3. The smallest absolute Gasteiger partial charge is 0.434 e. The van der Waals surface area contributed by atoms with Crippen molar-refractivity contribution in [2.24, 2.45) is 4.99 Å². The van der Waals surface area contributed by atoms with E-state index in [9.17, 15) is 22.8 Å². The van der Waals surface area contributed by atoms with Gasteiger partial charge in [0.15, 0.2) is 10.5 Å². The summed E-state index contributed by atoms with van der Waals surface area (Å²) in [5.41, 5.74) is -2.16. The van der Waals surface area contributed by atoms with Crippen molar-refractivity contribution < 1.29 is 27.4 Å². The van der Waals surface area contributed by atoms with Gasteiger partial charge in [0.2, 0.25) is 0 Å². The van der Waals surface area contributed by atoms with Gasteiger partial charge in [0.1, 0.15) is 5.75 Å². The Kier molecular flexibility index (Phi) is 8.84. The molecule has 1 aliphatic rings. The van der Waals surface area contributed by atoms with Gasteiger partial charge < -0.3 is 9.47 Å². The Morgan fingerprint density at radius 3 is 2.46 bits per heavy atom. The summed E-state index contributed by atoms with van der Waals surface area (Å²) in [5, 5.41) is 0.717. The first-order valence-corrected chi connectivity index (χ1v) is 14.2. The zero-order valence-electron chi connectivity index (χ0n) is 20.6. The third-order valence-corrected chi connectivity index (χ3v) is 7.71. The predicted molar refractivity (Wildman–Crippen MR) is 152 cm³/mol. The van der Waals surface area contributed by atoms with Gasteiger partial charge in [-0.3, -0.25) is 9.36 Å². The molecule has 0 fully saturated rings. The second-order valence-corrected chi connectivity index (χ2v) is 11.6. The maximum Gasteiger partial charge on any atom is 0.434 e. The van der Waals surface area contributed by atoms with Crippen LogP contribution in [0.4, 0.5) is 13.2 Å². The average Bonchev–Trinajstić information content (AvgIpc) is 3.15. The van der Waals surface area contributed by atoms with E-state index in [0.29, 0.717) is 24.9 Å². The number of halogens is 6. The first-order valence-electron chi connectivity index (χ1n) is 11.5. The molecule has 1 aromatic heterocycles. The minimum atomic E-state index is -5.00. The summed E-state index contributed by atoms with van der Waals surface area (Å²) in [7, 11) is 0. The molecule has 0 N–H and O–H groups in total. The Bertz CT molecular complexity index is 1650. The van der Waals surface area contributed by atoms with Crippen molar-refractivity contribution in [2.75, 3.05) is 6.61 Å². The van der Waals surface area contributed by atoms with Crippen molar-refractivity contribution in [2.45, 2.75) is 39.1 Å². The fourth-order valence-corrected chi connectivity index (χ4v) is 6.29. The van der Waals surface area contributed by atoms with E-state index in [4.69, 9.17) is 32.7 Å². The van der Waals surface area contributed by atoms with Crippen molar-refractivity contribution >= 4 is 69.2 Å². The molecule has 3 aromatic rings. The van der Waals surface area contributed by atoms with Gasteiger partial charge >= 0.3 is 12.1 Å². The summed E-state index contributed by atoms with van der Waals surface area (Å²) in [4.78, 5) is 30.2. The van der Waals surface area contributed by atoms with Crippen LogP contribution in [0.25, 0.3) is 6.08 Å². The third kappa shape index (κ3) is 6.21. The van der Waals surface area contributed by atoms with Gasteiger partial charge in [0, 0.05) is 15.6 Å². The highest BCUT2D eigenvalue weighted by Gasteiger charge is 2.45. The Morgan fingerprint density at radius 1 is 1.21 bits per heavy atom. The number of allylic oxidation sites excluding steroid dienone is 1. The van der Waals surface area contributed by atoms with Crippen LogP contribution in [-0.4, -0.2) is 29.4 Å². The van der Waals surface area contributed by atoms with Crippen molar-refractivity contribution in [3.63, 3.8) is 0 Å². The van der Waals surface area contributed by atoms with Gasteiger partial charge in [-0.2, -0.15) is 13.2 Å². The number of rotatable bonds is 6. The van der Waals surface area contributed by atoms with Gasteiger partial charge in [-0.1, -0.05) is 46.7 Å². The van der Waals surface area contributed by atoms with Crippen molar-refractivity contribution in [3.05, 3.63) is 92.1 Å². The van der Waals surface area contributed by atoms with Crippen molar-refractivity contribution in [3.8, 4) is 5.75 Å². The second-order valence-electron chi connectivity index (χ2n) is 8.59. The van der Waals surface area contributed by atoms with Gasteiger partial charge in [0.05, 0.1) is 32.4 Å². The van der Waals surface area contributed by atoms with Crippen LogP contribution in [0, 0.1) is 3.57 Å². The largest absolute Gasteiger partial charge is 0.489 e. The molecule has 1 atom stereocenters. The third-order valence-electron chi connectivity index (χ3n) is 5.46. The van der Waals surface area contributed by atoms with E-state index in [0.717, 1.165) is 15.9 Å². The molecule has 0 amide bonds. The van der Waals surface area contributed by atoms with Crippen LogP contribution >= 0.6 is 57.1 Å². The zero-order chi connectivity index (χ0) is 28.6. The summed E-state index contributed by atoms with van der Waals surface area (Å²) in [6, 6.07) is 7.68. The lowest BCUT2D eigenvalue weighted by Crippen LogP contribution is -2.41. The lowest BCUT2D eigenvalue weighted by atomic mass is 9.95. The topological polar surface area (TPSA) is 69.9 Å². The van der Waals surface area contributed by atoms with E-state index in [1.165, 1.54) is 37.3 Å². The van der Waals surface area contributed by atoms with E-state index >= 15 is 0 Å². The highest BCUT2D eigenvalue weighted by Crippen LogP contribution is 2.38. The molecule has 1 aliphatic heterocycles. The van der Waals surface area contributed by atoms with E-state index in [2.05, 4.69) is 27.6 Å². The highest BCUT2D eigenvalue weighted by atomic mass is 127. The number of aromatic nitrogens is 1. The molecular weight excluding hydrogens is 691 g/mol. The van der Waals surface area contributed by atoms with Crippen LogP contribution in [0.1, 0.15) is 37.9 Å². The van der Waals surface area contributed by atoms with Crippen LogP contribution in [0.15, 0.2) is 57.5 Å². The molecule has 0 radical (unpaired) electrons. The Hall–Kier alpha value is -2.35. The normalized spacial score (nSPS) is 15.8. The number of hydrogen-bond donors (Lipinski definition) is 0. The lowest BCUT2D eigenvalue weighted by Gasteiger charge is -2.26. The minimum Gasteiger partial charge on any atom is -0.489 e. The molecule has 0 spiro atoms. The quantitative estimate of drug-likeness (QED) is 0.231. The van der Waals surface area contributed by atoms with Gasteiger partial charge in [-0.25, -0.2) is 9.79 Å². The van der Waals surface area contributed by atoms with Crippen LogP contribution in [-0.2, 0) is 9.53 Å². The molecule has 0 saturated heterocycles. The predicted octanol–water partition coefficient (Wildman–Crippen LogP) is 6.04. The fourth-order valence-electron chi connectivity index (χ4n) is 3.99. The summed E-state index contributed by atoms with van der Waals surface area (Å²) in [5.74, 6) is -0.752. The van der Waals surface area contributed by atoms with Gasteiger partial charge in [0.25, 0.3) is 5.56 Å². The van der Waals surface area contributed by atoms with E-state index in [1.807, 2.05) is 13.8 Å². The average molecular weight is 711 g/mol. The molecule has 39 heavy (non-hydrogen) atoms. The van der Waals surface area contributed by atoms with E-state index in [1.54, 1.807) is 12.1 Å². The molecule has 0 aliphatic carbocycles. The molecule has 4 rings (SSSR count). The lowest BCUT2D eigenvalue weighted by molar-refractivity contribution is -0.140. The standard InChI is InChI=1S/C26H20Cl2F3IN2O4S/c1-4-37-24(36)19-20(13-5-7-15(27)8-6-13)34-23(35)18(39-25(34)33-22(19)26(29,30)31)10-14-9-16(28)11-17(32)21(14)38-12(2)3/h5-12,20H,4H2,1-3H3/b18-10-/t20-/m1/s1. The molecule has 0 saturated carbocycles. The summed E-state index contributed by atoms with van der Waals surface area (Å²) < 4.78 is 55.5. The summed E-state index contributed by atoms with van der Waals surface area (Å²) in [6.45, 7) is 4.98. The number of benzene rings is 2. The number of fused-ring (bicyclic) bond motifs is 1. The maximum absolute atomic E-state index is 14.3. The Labute approximate surface area is 248 Å². The van der Waals surface area contributed by atoms with Crippen molar-refractivity contribution in [1.29, 1.82) is 0 Å². The fraction of sp³-hybridized carbons (Fsp3) is 0.269. The zero-order valence-corrected chi connectivity index (χ0v) is 25.1. The minimum absolute atomic E-state index is 0.0750. The SMILES string of the molecule is CCOC(=O)C1=C(C(F)(F)F)N=c2s/c(=C\c3cc(Cl)cc(I)c3OC(C)C)c(=O)n2[C@@H]1c1ccc(Cl)cc1. The number of ether oxygens (including phenoxy) is 2. The number of hydrogen-bond acceptors (Lipinski definition) is 6. The van der Waals surface area contributed by atoms with E-state index < -0.39 is 35.0 Å². The molecule has 206 valence electrons. The molecule has 6 nitrogen and oxygen atoms in total. The van der Waals surface area contributed by atoms with Gasteiger partial charge in [-0.15, -0.1) is 0 Å². The number of alkyl halides is 3. The Morgan fingerprint density at radius 2 is 1.87 bits per heavy atom. The Balaban J connectivity index is 2.06. The first kappa shape index (κ1) is 29.6. The molecular formula is C26H20Cl2F3IN2O4S. The van der Waals surface area contributed by atoms with Crippen LogP contribution in [0.2, 0.25) is 10.0 Å². The summed E-state index contributed by atoms with van der Waals surface area (Å²) >= 11 is 15.1. The monoisotopic (exact) mass is 710 g/mol. The van der Waals surface area contributed by atoms with Crippen LogP contribution < -0.4 is 19.6 Å². The molecule has 2 aromatic carbocycles. The number of esters is 1. The van der Waals surface area contributed by atoms with E-state index in [-0.39, 0.29) is 27.6 Å². The number of thiazole rings is 1. The molecule has 13 heteroatoms. The molecule has 2 heterocycles. The highest BCUT2D eigenvalue weighted by molar-refractivity contribution is 14.1. The van der Waals surface area contributed by atoms with Crippen LogP contribution in [0.3, 0.4) is 0 Å². The number of nitrogens with zero attached hydrogens (tertiary/aromatic N) is 2. The second kappa shape index (κ2) is 11.6. The molecule has 0 unspecified atom stereocenters. The van der Waals surface area contributed by atoms with Crippen LogP contribution in [0.5, 0.6) is 5.75 Å². The van der Waals surface area contributed by atoms with Gasteiger partial charge in [-0.05, 0) is 79.3 Å². The molecule has 0 bridgehead atoms. The number of carbonyl (C=O) groups excluding carboxylic acids is 1. The summed E-state index contributed by atoms with van der Waals surface area (Å²) in [6.07, 6.45) is -3.70. The first-order chi connectivity index (χ1) is 18.3. The van der Waals surface area contributed by atoms with Crippen molar-refractivity contribution in [1.82, 2.24) is 4.57 Å².